The highest BCUT2D eigenvalue weighted by atomic mass is 16.5. The number of ether oxygens (including phenoxy) is 2. The quantitative estimate of drug-likeness (QED) is 0.423. The lowest BCUT2D eigenvalue weighted by molar-refractivity contribution is 0.0714. The van der Waals surface area contributed by atoms with Gasteiger partial charge in [-0.05, 0) is 49.1 Å². The van der Waals surface area contributed by atoms with Crippen LogP contribution in [0.5, 0.6) is 5.75 Å². The number of likely N-dealkylation sites (tertiary alicyclic amines) is 1. The summed E-state index contributed by atoms with van der Waals surface area (Å²) in [6.07, 6.45) is 4.35. The van der Waals surface area contributed by atoms with Crippen molar-refractivity contribution in [1.29, 1.82) is 0 Å². The number of nitrogens with zero attached hydrogens (tertiary/aromatic N) is 5. The fraction of sp³-hybridized carbons (Fsp3) is 0.483. The third-order valence-corrected chi connectivity index (χ3v) is 9.21. The summed E-state index contributed by atoms with van der Waals surface area (Å²) in [6.45, 7) is 6.07. The van der Waals surface area contributed by atoms with Crippen LogP contribution in [0, 0.1) is 16.7 Å². The Morgan fingerprint density at radius 1 is 1.24 bits per heavy atom. The first-order chi connectivity index (χ1) is 18.4. The van der Waals surface area contributed by atoms with E-state index in [1.807, 2.05) is 36.3 Å². The highest BCUT2D eigenvalue weighted by Gasteiger charge is 2.59. The van der Waals surface area contributed by atoms with E-state index >= 15 is 0 Å². The van der Waals surface area contributed by atoms with Crippen molar-refractivity contribution in [2.24, 2.45) is 29.5 Å². The van der Waals surface area contributed by atoms with Gasteiger partial charge in [-0.1, -0.05) is 6.92 Å². The van der Waals surface area contributed by atoms with Crippen molar-refractivity contribution < 1.29 is 14.3 Å². The van der Waals surface area contributed by atoms with Gasteiger partial charge >= 0.3 is 0 Å². The van der Waals surface area contributed by atoms with Crippen LogP contribution in [0.4, 0.5) is 0 Å². The number of rotatable bonds is 6. The topological polar surface area (TPSA) is 100 Å². The minimum atomic E-state index is -0.196. The first-order valence-corrected chi connectivity index (χ1v) is 13.4. The molecule has 9 heteroatoms. The molecule has 38 heavy (non-hydrogen) atoms. The molecule has 5 heterocycles. The van der Waals surface area contributed by atoms with Crippen LogP contribution < -0.4 is 10.5 Å². The molecule has 3 aromatic heterocycles. The van der Waals surface area contributed by atoms with Crippen molar-refractivity contribution >= 4 is 28.0 Å². The van der Waals surface area contributed by atoms with Gasteiger partial charge in [0.25, 0.3) is 5.91 Å². The van der Waals surface area contributed by atoms with Gasteiger partial charge in [-0.15, -0.1) is 0 Å². The number of hydrogen-bond acceptors (Lipinski definition) is 6. The zero-order valence-corrected chi connectivity index (χ0v) is 22.2. The number of nitrogens with two attached hydrogens (primary N) is 1. The SMILES string of the molecule is COc1cc(C(=O)N2C[C@@]3(C)COC[C@@]3(CN)C2)cc2nc(-c3cc4cccnc4n3CC3CC3)n(C)c12. The lowest BCUT2D eigenvalue weighted by Crippen LogP contribution is -2.43. The van der Waals surface area contributed by atoms with Gasteiger partial charge in [0.15, 0.2) is 5.82 Å². The molecule has 0 spiro atoms. The Morgan fingerprint density at radius 3 is 2.82 bits per heavy atom. The fourth-order valence-corrected chi connectivity index (χ4v) is 6.62. The van der Waals surface area contributed by atoms with Crippen LogP contribution in [0.15, 0.2) is 36.5 Å². The molecule has 1 aliphatic carbocycles. The molecule has 0 radical (unpaired) electrons. The molecule has 2 N–H and O–H groups in total. The highest BCUT2D eigenvalue weighted by Crippen LogP contribution is 2.50. The molecule has 1 amide bonds. The predicted molar refractivity (Wildman–Crippen MR) is 145 cm³/mol. The van der Waals surface area contributed by atoms with Crippen molar-refractivity contribution in [3.63, 3.8) is 0 Å². The van der Waals surface area contributed by atoms with Gasteiger partial charge in [-0.2, -0.15) is 0 Å². The molecule has 198 valence electrons. The smallest absolute Gasteiger partial charge is 0.254 e. The first-order valence-electron chi connectivity index (χ1n) is 13.4. The van der Waals surface area contributed by atoms with E-state index in [4.69, 9.17) is 20.2 Å². The van der Waals surface area contributed by atoms with E-state index in [1.165, 1.54) is 12.8 Å². The number of benzene rings is 1. The normalized spacial score (nSPS) is 25.0. The van der Waals surface area contributed by atoms with E-state index < -0.39 is 0 Å². The summed E-state index contributed by atoms with van der Waals surface area (Å²) in [4.78, 5) is 25.5. The minimum Gasteiger partial charge on any atom is -0.494 e. The number of carbonyl (C=O) groups is 1. The zero-order valence-electron chi connectivity index (χ0n) is 22.2. The van der Waals surface area contributed by atoms with Crippen molar-refractivity contribution in [3.8, 4) is 17.3 Å². The lowest BCUT2D eigenvalue weighted by atomic mass is 9.69. The Morgan fingerprint density at radius 2 is 2.08 bits per heavy atom. The molecule has 7 rings (SSSR count). The van der Waals surface area contributed by atoms with Gasteiger partial charge in [-0.25, -0.2) is 9.97 Å². The molecular weight excluding hydrogens is 480 g/mol. The second-order valence-electron chi connectivity index (χ2n) is 11.7. The molecule has 4 aromatic rings. The van der Waals surface area contributed by atoms with Gasteiger partial charge < -0.3 is 29.2 Å². The second kappa shape index (κ2) is 8.28. The molecule has 3 fully saturated rings. The first kappa shape index (κ1) is 23.7. The van der Waals surface area contributed by atoms with Crippen molar-refractivity contribution in [2.75, 3.05) is 40.0 Å². The minimum absolute atomic E-state index is 0.0205. The molecule has 3 aliphatic rings. The molecule has 0 unspecified atom stereocenters. The van der Waals surface area contributed by atoms with E-state index in [9.17, 15) is 4.79 Å². The van der Waals surface area contributed by atoms with Crippen LogP contribution in [-0.2, 0) is 18.3 Å². The van der Waals surface area contributed by atoms with Gasteiger partial charge in [0.05, 0.1) is 31.5 Å². The van der Waals surface area contributed by atoms with Crippen molar-refractivity contribution in [3.05, 3.63) is 42.1 Å². The summed E-state index contributed by atoms with van der Waals surface area (Å²) in [6, 6.07) is 9.98. The monoisotopic (exact) mass is 514 g/mol. The van der Waals surface area contributed by atoms with Crippen LogP contribution in [0.3, 0.4) is 0 Å². The second-order valence-corrected chi connectivity index (χ2v) is 11.7. The highest BCUT2D eigenvalue weighted by molar-refractivity contribution is 6.00. The third-order valence-electron chi connectivity index (χ3n) is 9.21. The van der Waals surface area contributed by atoms with Gasteiger partial charge in [0.1, 0.15) is 16.9 Å². The maximum atomic E-state index is 13.8. The fourth-order valence-electron chi connectivity index (χ4n) is 6.62. The number of amides is 1. The Kier molecular flexibility index (Phi) is 5.16. The van der Waals surface area contributed by atoms with Gasteiger partial charge in [-0.3, -0.25) is 4.79 Å². The third kappa shape index (κ3) is 3.34. The number of carbonyl (C=O) groups excluding carboxylic acids is 1. The maximum Gasteiger partial charge on any atom is 0.254 e. The Balaban J connectivity index is 1.31. The van der Waals surface area contributed by atoms with Gasteiger partial charge in [0.2, 0.25) is 0 Å². The van der Waals surface area contributed by atoms with E-state index in [-0.39, 0.29) is 16.7 Å². The summed E-state index contributed by atoms with van der Waals surface area (Å²) in [7, 11) is 3.65. The average molecular weight is 515 g/mol. The Labute approximate surface area is 221 Å². The molecule has 0 bridgehead atoms. The standard InChI is InChI=1S/C29H34N6O3/c1-28-14-34(15-29(28,13-30)17-38-16-28)27(36)20-9-21-24(23(11-20)37-3)33(2)26(32-21)22-10-19-5-4-8-31-25(19)35(22)12-18-6-7-18/h4-5,8-11,18H,6-7,12-17,30H2,1-3H3/t28-,29+/m0/s1. The van der Waals surface area contributed by atoms with Crippen LogP contribution in [0.1, 0.15) is 30.1 Å². The van der Waals surface area contributed by atoms with Crippen LogP contribution in [0.25, 0.3) is 33.6 Å². The number of methoxy groups -OCH3 is 1. The molecule has 2 atom stereocenters. The van der Waals surface area contributed by atoms with E-state index in [0.717, 1.165) is 40.1 Å². The maximum absolute atomic E-state index is 13.8. The largest absolute Gasteiger partial charge is 0.494 e. The molecule has 2 aliphatic heterocycles. The van der Waals surface area contributed by atoms with Crippen LogP contribution in [-0.4, -0.2) is 69.9 Å². The van der Waals surface area contributed by atoms with Crippen LogP contribution >= 0.6 is 0 Å². The summed E-state index contributed by atoms with van der Waals surface area (Å²) in [5.41, 5.74) is 10.1. The molecular formula is C29H34N6O3. The average Bonchev–Trinajstić information content (AvgIpc) is 3.33. The van der Waals surface area contributed by atoms with Gasteiger partial charge in [0, 0.05) is 61.2 Å². The zero-order chi connectivity index (χ0) is 26.2. The lowest BCUT2D eigenvalue weighted by Gasteiger charge is -2.32. The summed E-state index contributed by atoms with van der Waals surface area (Å²) in [5, 5.41) is 1.10. The number of aryl methyl sites for hydroxylation is 1. The van der Waals surface area contributed by atoms with Crippen molar-refractivity contribution in [2.45, 2.75) is 26.3 Å². The number of pyridine rings is 1. The number of imidazole rings is 1. The van der Waals surface area contributed by atoms with Crippen molar-refractivity contribution in [1.82, 2.24) is 24.0 Å². The van der Waals surface area contributed by atoms with Crippen LogP contribution in [0.2, 0.25) is 0 Å². The summed E-state index contributed by atoms with van der Waals surface area (Å²) in [5.74, 6) is 2.14. The number of aromatic nitrogens is 4. The molecule has 9 nitrogen and oxygen atoms in total. The summed E-state index contributed by atoms with van der Waals surface area (Å²) < 4.78 is 16.0. The van der Waals surface area contributed by atoms with E-state index in [1.54, 1.807) is 7.11 Å². The number of hydrogen-bond donors (Lipinski definition) is 1. The Hall–Kier alpha value is -3.43. The molecule has 2 saturated heterocycles. The molecule has 1 aromatic carbocycles. The number of fused-ring (bicyclic) bond motifs is 3. The van der Waals surface area contributed by atoms with E-state index in [0.29, 0.717) is 50.1 Å². The summed E-state index contributed by atoms with van der Waals surface area (Å²) >= 11 is 0. The Bertz CT molecular complexity index is 1590. The molecule has 1 saturated carbocycles. The van der Waals surface area contributed by atoms with E-state index in [2.05, 4.69) is 33.2 Å². The predicted octanol–water partition coefficient (Wildman–Crippen LogP) is 3.45.